The molecule has 2 atom stereocenters. The monoisotopic (exact) mass is 576 g/mol. The molecule has 0 aliphatic carbocycles. The minimum Gasteiger partial charge on any atom is -0.453 e. The second-order valence-electron chi connectivity index (χ2n) is 10.4. The maximum atomic E-state index is 13.9. The number of hydrogen-bond acceptors (Lipinski definition) is 7. The molecule has 2 unspecified atom stereocenters. The van der Waals surface area contributed by atoms with E-state index < -0.39 is 6.09 Å². The minimum absolute atomic E-state index is 0.0259. The number of ether oxygens (including phenoxy) is 1. The van der Waals surface area contributed by atoms with Crippen LogP contribution >= 0.6 is 11.9 Å². The topological polar surface area (TPSA) is 155 Å². The predicted molar refractivity (Wildman–Crippen MR) is 162 cm³/mol. The number of nitrogens with two attached hydrogens (primary N) is 2. The average molecular weight is 577 g/mol. The number of anilines is 1. The van der Waals surface area contributed by atoms with E-state index in [1.807, 2.05) is 17.0 Å². The van der Waals surface area contributed by atoms with Crippen LogP contribution in [0.5, 0.6) is 0 Å². The van der Waals surface area contributed by atoms with Crippen molar-refractivity contribution >= 4 is 41.3 Å². The molecule has 0 radical (unpaired) electrons. The SMILES string of the molecule is COC(=O)Nc1ccc(-c2cnc(C3CC(C4CCN(SC)CC4)CN3C(=O)c3ccc(N=C(N)N)cc3)[nH]2)cc1. The molecule has 1 aromatic heterocycles. The number of carbonyl (C=O) groups is 2. The third kappa shape index (κ3) is 6.66. The Morgan fingerprint density at radius 3 is 2.41 bits per heavy atom. The first kappa shape index (κ1) is 28.5. The fourth-order valence-electron chi connectivity index (χ4n) is 5.77. The molecule has 216 valence electrons. The van der Waals surface area contributed by atoms with Crippen LogP contribution in [0.15, 0.2) is 59.7 Å². The van der Waals surface area contributed by atoms with E-state index in [1.165, 1.54) is 7.11 Å². The summed E-state index contributed by atoms with van der Waals surface area (Å²) < 4.78 is 7.07. The van der Waals surface area contributed by atoms with E-state index in [0.717, 1.165) is 49.4 Å². The van der Waals surface area contributed by atoms with Crippen molar-refractivity contribution in [3.05, 3.63) is 66.1 Å². The fraction of sp³-hybridized carbons (Fsp3) is 0.379. The number of hydrogen-bond donors (Lipinski definition) is 4. The van der Waals surface area contributed by atoms with E-state index in [1.54, 1.807) is 54.5 Å². The Morgan fingerprint density at radius 1 is 1.07 bits per heavy atom. The van der Waals surface area contributed by atoms with Crippen molar-refractivity contribution in [3.8, 4) is 11.3 Å². The third-order valence-corrected chi connectivity index (χ3v) is 8.81. The molecule has 11 nitrogen and oxygen atoms in total. The number of amides is 2. The van der Waals surface area contributed by atoms with Crippen molar-refractivity contribution < 1.29 is 14.3 Å². The number of likely N-dealkylation sites (tertiary alicyclic amines) is 1. The number of aromatic amines is 1. The van der Waals surface area contributed by atoms with Gasteiger partial charge in [0.05, 0.1) is 30.7 Å². The van der Waals surface area contributed by atoms with E-state index >= 15 is 0 Å². The smallest absolute Gasteiger partial charge is 0.411 e. The summed E-state index contributed by atoms with van der Waals surface area (Å²) >= 11 is 1.80. The average Bonchev–Trinajstić information content (AvgIpc) is 3.65. The molecule has 2 amide bonds. The zero-order valence-corrected chi connectivity index (χ0v) is 24.1. The van der Waals surface area contributed by atoms with Crippen molar-refractivity contribution in [2.45, 2.75) is 25.3 Å². The van der Waals surface area contributed by atoms with Crippen molar-refractivity contribution in [1.29, 1.82) is 0 Å². The number of piperidine rings is 1. The highest BCUT2D eigenvalue weighted by Gasteiger charge is 2.42. The number of rotatable bonds is 7. The summed E-state index contributed by atoms with van der Waals surface area (Å²) in [5.41, 5.74) is 14.6. The lowest BCUT2D eigenvalue weighted by molar-refractivity contribution is 0.0720. The van der Waals surface area contributed by atoms with Gasteiger partial charge in [0.2, 0.25) is 0 Å². The predicted octanol–water partition coefficient (Wildman–Crippen LogP) is 4.35. The summed E-state index contributed by atoms with van der Waals surface area (Å²) in [6.45, 7) is 2.82. The second-order valence-corrected chi connectivity index (χ2v) is 11.3. The van der Waals surface area contributed by atoms with Crippen LogP contribution in [0.3, 0.4) is 0 Å². The number of aromatic nitrogens is 2. The molecule has 3 aromatic rings. The second kappa shape index (κ2) is 12.6. The number of guanidine groups is 1. The number of carbonyl (C=O) groups excluding carboxylic acids is 2. The quantitative estimate of drug-likeness (QED) is 0.184. The van der Waals surface area contributed by atoms with Gasteiger partial charge in [0.15, 0.2) is 5.96 Å². The van der Waals surface area contributed by atoms with E-state index in [2.05, 4.69) is 30.6 Å². The van der Waals surface area contributed by atoms with E-state index in [0.29, 0.717) is 35.3 Å². The van der Waals surface area contributed by atoms with Gasteiger partial charge < -0.3 is 26.1 Å². The number of aliphatic imine (C=N–C) groups is 1. The number of nitrogens with zero attached hydrogens (tertiary/aromatic N) is 4. The van der Waals surface area contributed by atoms with E-state index in [-0.39, 0.29) is 17.9 Å². The van der Waals surface area contributed by atoms with Crippen LogP contribution in [0.4, 0.5) is 16.2 Å². The first-order valence-electron chi connectivity index (χ1n) is 13.6. The number of nitrogens with one attached hydrogen (secondary N) is 2. The Labute approximate surface area is 243 Å². The fourth-order valence-corrected chi connectivity index (χ4v) is 6.35. The number of methoxy groups -OCH3 is 1. The van der Waals surface area contributed by atoms with Gasteiger partial charge in [-0.2, -0.15) is 0 Å². The number of H-pyrrole nitrogens is 1. The van der Waals surface area contributed by atoms with Gasteiger partial charge in [0.25, 0.3) is 5.91 Å². The molecule has 5 rings (SSSR count). The highest BCUT2D eigenvalue weighted by atomic mass is 32.2. The molecule has 0 saturated carbocycles. The summed E-state index contributed by atoms with van der Waals surface area (Å²) in [4.78, 5) is 39.6. The molecule has 3 heterocycles. The number of imidazole rings is 1. The molecule has 2 fully saturated rings. The highest BCUT2D eigenvalue weighted by Crippen LogP contribution is 2.42. The maximum absolute atomic E-state index is 13.9. The Bertz CT molecular complexity index is 1380. The van der Waals surface area contributed by atoms with Crippen molar-refractivity contribution in [2.75, 3.05) is 38.3 Å². The Morgan fingerprint density at radius 2 is 1.78 bits per heavy atom. The molecular formula is C29H36N8O3S. The van der Waals surface area contributed by atoms with Crippen LogP contribution in [-0.2, 0) is 4.74 Å². The largest absolute Gasteiger partial charge is 0.453 e. The van der Waals surface area contributed by atoms with Gasteiger partial charge >= 0.3 is 6.09 Å². The third-order valence-electron chi connectivity index (χ3n) is 7.93. The number of benzene rings is 2. The first-order valence-corrected chi connectivity index (χ1v) is 14.8. The molecular weight excluding hydrogens is 540 g/mol. The molecule has 2 aliphatic heterocycles. The van der Waals surface area contributed by atoms with Crippen molar-refractivity contribution in [1.82, 2.24) is 19.2 Å². The normalized spacial score (nSPS) is 19.6. The van der Waals surface area contributed by atoms with Gasteiger partial charge in [0, 0.05) is 30.9 Å². The molecule has 0 bridgehead atoms. The lowest BCUT2D eigenvalue weighted by Gasteiger charge is -2.33. The summed E-state index contributed by atoms with van der Waals surface area (Å²) in [5.74, 6) is 1.66. The van der Waals surface area contributed by atoms with Crippen LogP contribution in [0.2, 0.25) is 0 Å². The van der Waals surface area contributed by atoms with E-state index in [9.17, 15) is 9.59 Å². The first-order chi connectivity index (χ1) is 19.8. The van der Waals surface area contributed by atoms with Crippen LogP contribution in [0.25, 0.3) is 11.3 Å². The van der Waals surface area contributed by atoms with Crippen LogP contribution < -0.4 is 16.8 Å². The molecule has 41 heavy (non-hydrogen) atoms. The molecule has 2 aromatic carbocycles. The Hall–Kier alpha value is -4.03. The van der Waals surface area contributed by atoms with Crippen LogP contribution in [-0.4, -0.2) is 70.1 Å². The Balaban J connectivity index is 1.38. The van der Waals surface area contributed by atoms with Crippen LogP contribution in [0.1, 0.15) is 41.5 Å². The zero-order valence-electron chi connectivity index (χ0n) is 23.2. The van der Waals surface area contributed by atoms with Crippen LogP contribution in [0, 0.1) is 11.8 Å². The van der Waals surface area contributed by atoms with Gasteiger partial charge in [0.1, 0.15) is 5.82 Å². The minimum atomic E-state index is -0.521. The Kier molecular flexibility index (Phi) is 8.79. The molecule has 2 aliphatic rings. The van der Waals surface area contributed by atoms with Gasteiger partial charge in [-0.05, 0) is 79.3 Å². The maximum Gasteiger partial charge on any atom is 0.411 e. The van der Waals surface area contributed by atoms with Crippen molar-refractivity contribution in [3.63, 3.8) is 0 Å². The lowest BCUT2D eigenvalue weighted by atomic mass is 9.83. The zero-order chi connectivity index (χ0) is 28.9. The van der Waals surface area contributed by atoms with Gasteiger partial charge in [-0.1, -0.05) is 24.1 Å². The van der Waals surface area contributed by atoms with Gasteiger partial charge in [-0.25, -0.2) is 14.8 Å². The van der Waals surface area contributed by atoms with Gasteiger partial charge in [-0.3, -0.25) is 14.4 Å². The lowest BCUT2D eigenvalue weighted by Crippen LogP contribution is -2.35. The highest BCUT2D eigenvalue weighted by molar-refractivity contribution is 7.96. The summed E-state index contributed by atoms with van der Waals surface area (Å²) in [6, 6.07) is 14.3. The summed E-state index contributed by atoms with van der Waals surface area (Å²) in [6.07, 6.45) is 6.52. The summed E-state index contributed by atoms with van der Waals surface area (Å²) in [5, 5.41) is 2.65. The molecule has 12 heteroatoms. The summed E-state index contributed by atoms with van der Waals surface area (Å²) in [7, 11) is 1.33. The van der Waals surface area contributed by atoms with E-state index in [4.69, 9.17) is 16.5 Å². The molecule has 0 spiro atoms. The molecule has 6 N–H and O–H groups in total. The van der Waals surface area contributed by atoms with Gasteiger partial charge in [-0.15, -0.1) is 0 Å². The molecule has 2 saturated heterocycles. The standard InChI is InChI=1S/C29H36N8O3S/c1-40-29(39)34-23-7-3-19(4-8-23)24-16-32-26(35-24)25-15-21(18-11-13-36(41-2)14-12-18)17-37(25)27(38)20-5-9-22(10-6-20)33-28(30)31/h3-10,16,18,21,25H,11-15,17H2,1-2H3,(H,32,35)(H,34,39)(H4,30,31,33). The van der Waals surface area contributed by atoms with Crippen molar-refractivity contribution in [2.24, 2.45) is 28.3 Å².